The number of hydrogen-bond acceptors (Lipinski definition) is 14. The summed E-state index contributed by atoms with van der Waals surface area (Å²) >= 11 is 0. The monoisotopic (exact) mass is 886 g/mol. The number of nitrogens with zero attached hydrogens (tertiary/aromatic N) is 3. The minimum Gasteiger partial charge on any atom is -0.461 e. The second-order valence-corrected chi connectivity index (χ2v) is 18.3. The number of nitrogens with one attached hydrogen (secondary N) is 1. The first-order chi connectivity index (χ1) is 29.0. The molecular formula is C41H50N4O14S2. The molecule has 20 heteroatoms. The summed E-state index contributed by atoms with van der Waals surface area (Å²) in [7, 11) is -8.34. The first-order valence-electron chi connectivity index (χ1n) is 20.3. The van der Waals surface area contributed by atoms with Crippen molar-refractivity contribution in [3.05, 3.63) is 82.6 Å². The lowest BCUT2D eigenvalue weighted by Crippen LogP contribution is -2.46. The number of fused-ring (bicyclic) bond motifs is 6. The van der Waals surface area contributed by atoms with Gasteiger partial charge in [-0.15, -0.1) is 5.06 Å². The van der Waals surface area contributed by atoms with E-state index in [-0.39, 0.29) is 62.4 Å². The van der Waals surface area contributed by atoms with E-state index < -0.39 is 72.9 Å². The second-order valence-electron chi connectivity index (χ2n) is 15.2. The van der Waals surface area contributed by atoms with Gasteiger partial charge in [0, 0.05) is 79.9 Å². The molecule has 1 spiro atoms. The van der Waals surface area contributed by atoms with Gasteiger partial charge in [-0.25, -0.2) is 9.59 Å². The SMILES string of the molecule is CCN(CCCS(=O)(=O)O)c1ccc2c(c1)OC1=CC(N(CC)CCCS(=O)(=O)O)C=CC1C21OC(=O)c2cccc(C(=O)NCCCCCC(=O)ON3C(=O)CCC3=O)c21. The highest BCUT2D eigenvalue weighted by atomic mass is 32.2. The molecule has 3 amide bonds. The molecule has 0 aromatic heterocycles. The van der Waals surface area contributed by atoms with Gasteiger partial charge in [-0.1, -0.05) is 31.6 Å². The summed E-state index contributed by atoms with van der Waals surface area (Å²) in [6.07, 6.45) is 7.27. The molecule has 2 aromatic carbocycles. The molecule has 3 N–H and O–H groups in total. The van der Waals surface area contributed by atoms with Crippen LogP contribution in [0.4, 0.5) is 5.69 Å². The van der Waals surface area contributed by atoms with Crippen LogP contribution in [0, 0.1) is 5.92 Å². The standard InChI is InChI=1S/C41H50N4O14S2/c1-3-43(21-9-23-60(51,52)53)27-14-16-31-33(25-27)57-34-26-28(44(4-2)22-10-24-61(54,55)56)15-17-32(34)41(31)38-29(11-8-12-30(38)40(50)58-41)39(49)42-20-7-5-6-13-37(48)59-45-35(46)18-19-36(45)47/h8,11-12,14-17,25-27,31H,3-7,9-10,13,18-24H2,1-2H3,(H,42,49)(H,51,52,53)(H,54,55,56). The van der Waals surface area contributed by atoms with Crippen LogP contribution < -0.4 is 15.0 Å². The Morgan fingerprint density at radius 2 is 1.61 bits per heavy atom. The van der Waals surface area contributed by atoms with E-state index in [1.54, 1.807) is 36.4 Å². The number of ether oxygens (including phenoxy) is 2. The van der Waals surface area contributed by atoms with Crippen molar-refractivity contribution >= 4 is 55.6 Å². The lowest BCUT2D eigenvalue weighted by Gasteiger charge is -2.44. The topological polar surface area (TPSA) is 244 Å². The van der Waals surface area contributed by atoms with Gasteiger partial charge in [0.1, 0.15) is 11.5 Å². The predicted octanol–water partition coefficient (Wildman–Crippen LogP) is 3.53. The third kappa shape index (κ3) is 10.3. The highest BCUT2D eigenvalue weighted by Gasteiger charge is 2.59. The van der Waals surface area contributed by atoms with Crippen LogP contribution in [-0.4, -0.2) is 116 Å². The van der Waals surface area contributed by atoms with Crippen LogP contribution in [0.2, 0.25) is 0 Å². The third-order valence-electron chi connectivity index (χ3n) is 11.1. The van der Waals surface area contributed by atoms with E-state index >= 15 is 0 Å². The van der Waals surface area contributed by atoms with Crippen molar-refractivity contribution in [1.82, 2.24) is 15.3 Å². The molecule has 18 nitrogen and oxygen atoms in total. The molecule has 2 aromatic rings. The largest absolute Gasteiger partial charge is 0.461 e. The number of hydroxylamine groups is 2. The molecule has 3 aliphatic heterocycles. The Morgan fingerprint density at radius 3 is 2.28 bits per heavy atom. The number of likely N-dealkylation sites (N-methyl/N-ethyl adjacent to an activating group) is 1. The molecular weight excluding hydrogens is 837 g/mol. The zero-order chi connectivity index (χ0) is 44.1. The fourth-order valence-corrected chi connectivity index (χ4v) is 9.21. The first-order valence-corrected chi connectivity index (χ1v) is 23.5. The molecule has 0 saturated carbocycles. The van der Waals surface area contributed by atoms with Crippen LogP contribution in [0.5, 0.6) is 5.75 Å². The van der Waals surface area contributed by atoms with Crippen LogP contribution in [0.3, 0.4) is 0 Å². The Labute approximate surface area is 354 Å². The van der Waals surface area contributed by atoms with E-state index in [0.29, 0.717) is 72.3 Å². The average Bonchev–Trinajstić information content (AvgIpc) is 3.69. The Balaban J connectivity index is 1.28. The fraction of sp³-hybridized carbons (Fsp3) is 0.488. The number of carbonyl (C=O) groups excluding carboxylic acids is 5. The summed E-state index contributed by atoms with van der Waals surface area (Å²) in [6.45, 7) is 5.63. The lowest BCUT2D eigenvalue weighted by molar-refractivity contribution is -0.197. The summed E-state index contributed by atoms with van der Waals surface area (Å²) in [5.41, 5.74) is 0.266. The summed E-state index contributed by atoms with van der Waals surface area (Å²) in [5.74, 6) is -3.80. The quantitative estimate of drug-likeness (QED) is 0.0566. The number of amides is 3. The van der Waals surface area contributed by atoms with Crippen molar-refractivity contribution in [1.29, 1.82) is 0 Å². The molecule has 61 heavy (non-hydrogen) atoms. The van der Waals surface area contributed by atoms with Crippen LogP contribution in [0.25, 0.3) is 0 Å². The Kier molecular flexibility index (Phi) is 14.0. The zero-order valence-corrected chi connectivity index (χ0v) is 35.5. The van der Waals surface area contributed by atoms with Crippen molar-refractivity contribution in [2.45, 2.75) is 76.9 Å². The lowest BCUT2D eigenvalue weighted by atomic mass is 9.70. The summed E-state index contributed by atoms with van der Waals surface area (Å²) in [6, 6.07) is 9.73. The number of carbonyl (C=O) groups is 5. The predicted molar refractivity (Wildman–Crippen MR) is 219 cm³/mol. The molecule has 330 valence electrons. The van der Waals surface area contributed by atoms with E-state index in [4.69, 9.17) is 14.3 Å². The van der Waals surface area contributed by atoms with Crippen LogP contribution in [0.1, 0.15) is 97.1 Å². The summed E-state index contributed by atoms with van der Waals surface area (Å²) in [4.78, 5) is 72.5. The van der Waals surface area contributed by atoms with Crippen molar-refractivity contribution in [3.63, 3.8) is 0 Å². The van der Waals surface area contributed by atoms with Gasteiger partial charge in [-0.2, -0.15) is 16.8 Å². The molecule has 1 fully saturated rings. The van der Waals surface area contributed by atoms with Gasteiger partial charge < -0.3 is 24.5 Å². The van der Waals surface area contributed by atoms with Crippen molar-refractivity contribution in [3.8, 4) is 5.75 Å². The third-order valence-corrected chi connectivity index (χ3v) is 12.7. The maximum Gasteiger partial charge on any atom is 0.339 e. The van der Waals surface area contributed by atoms with Crippen molar-refractivity contribution in [2.75, 3.05) is 49.1 Å². The Morgan fingerprint density at radius 1 is 0.902 bits per heavy atom. The van der Waals surface area contributed by atoms with Crippen LogP contribution in [0.15, 0.2) is 60.4 Å². The molecule has 3 heterocycles. The molecule has 3 unspecified atom stereocenters. The summed E-state index contributed by atoms with van der Waals surface area (Å²) in [5, 5.41) is 3.43. The molecule has 6 rings (SSSR count). The fourth-order valence-electron chi connectivity index (χ4n) is 8.22. The van der Waals surface area contributed by atoms with Crippen molar-refractivity contribution < 1.29 is 64.2 Å². The number of hydrogen-bond donors (Lipinski definition) is 3. The van der Waals surface area contributed by atoms with Gasteiger partial charge in [-0.05, 0) is 69.5 Å². The number of esters is 1. The zero-order valence-electron chi connectivity index (χ0n) is 33.9. The van der Waals surface area contributed by atoms with E-state index in [2.05, 4.69) is 5.32 Å². The van der Waals surface area contributed by atoms with Gasteiger partial charge in [-0.3, -0.25) is 28.4 Å². The molecule has 4 aliphatic rings. The normalized spacial score (nSPS) is 20.5. The van der Waals surface area contributed by atoms with E-state index in [1.165, 1.54) is 0 Å². The van der Waals surface area contributed by atoms with Gasteiger partial charge in [0.25, 0.3) is 38.0 Å². The van der Waals surface area contributed by atoms with Crippen LogP contribution >= 0.6 is 0 Å². The minimum absolute atomic E-state index is 0.00180. The summed E-state index contributed by atoms with van der Waals surface area (Å²) < 4.78 is 77.6. The van der Waals surface area contributed by atoms with Gasteiger partial charge >= 0.3 is 11.9 Å². The minimum atomic E-state index is -4.18. The number of anilines is 1. The maximum atomic E-state index is 14.1. The first kappa shape index (κ1) is 45.4. The molecule has 3 atom stereocenters. The number of unbranched alkanes of at least 4 members (excludes halogenated alkanes) is 2. The van der Waals surface area contributed by atoms with Gasteiger partial charge in [0.05, 0.1) is 23.0 Å². The van der Waals surface area contributed by atoms with Crippen LogP contribution in [-0.2, 0) is 49.8 Å². The van der Waals surface area contributed by atoms with E-state index in [1.807, 2.05) is 41.9 Å². The molecule has 1 saturated heterocycles. The smallest absolute Gasteiger partial charge is 0.339 e. The average molecular weight is 887 g/mol. The van der Waals surface area contributed by atoms with Crippen molar-refractivity contribution in [2.24, 2.45) is 5.92 Å². The second kappa shape index (κ2) is 18.9. The van der Waals surface area contributed by atoms with Gasteiger partial charge in [0.2, 0.25) is 0 Å². The number of benzene rings is 2. The Hall–Kier alpha value is -5.15. The highest BCUT2D eigenvalue weighted by Crippen LogP contribution is 2.58. The van der Waals surface area contributed by atoms with E-state index in [9.17, 15) is 49.9 Å². The molecule has 1 aliphatic carbocycles. The molecule has 0 radical (unpaired) electrons. The van der Waals surface area contributed by atoms with Gasteiger partial charge in [0.15, 0.2) is 5.60 Å². The molecule has 0 bridgehead atoms. The highest BCUT2D eigenvalue weighted by molar-refractivity contribution is 7.86. The number of imide groups is 1. The van der Waals surface area contributed by atoms with E-state index in [0.717, 1.165) is 0 Å². The maximum absolute atomic E-state index is 14.1. The Bertz CT molecular complexity index is 2330. The number of rotatable bonds is 20.